The lowest BCUT2D eigenvalue weighted by molar-refractivity contribution is -0.138. The normalized spacial score (nSPS) is 9.88. The molecule has 0 aliphatic heterocycles. The smallest absolute Gasteiger partial charge is 0.309 e. The fraction of sp³-hybridized carbons (Fsp3) is 0.833. The zero-order valence-corrected chi connectivity index (χ0v) is 10.5. The van der Waals surface area contributed by atoms with E-state index in [0.29, 0.717) is 6.54 Å². The minimum absolute atomic E-state index is 0.534. The van der Waals surface area contributed by atoms with Crippen molar-refractivity contribution in [2.75, 3.05) is 13.6 Å². The zero-order chi connectivity index (χ0) is 12.2. The van der Waals surface area contributed by atoms with Crippen molar-refractivity contribution in [1.82, 2.24) is 10.6 Å². The highest BCUT2D eigenvalue weighted by Crippen LogP contribution is 2.06. The van der Waals surface area contributed by atoms with Gasteiger partial charge in [0.15, 0.2) is 0 Å². The van der Waals surface area contributed by atoms with E-state index >= 15 is 0 Å². The quantitative estimate of drug-likeness (QED) is 0.490. The molecule has 16 heavy (non-hydrogen) atoms. The first kappa shape index (κ1) is 14.9. The van der Waals surface area contributed by atoms with E-state index in [0.717, 1.165) is 12.8 Å². The Balaban J connectivity index is 3.21. The lowest BCUT2D eigenvalue weighted by atomic mass is 10.1. The van der Waals surface area contributed by atoms with E-state index in [4.69, 9.17) is 0 Å². The Morgan fingerprint density at radius 3 is 2.00 bits per heavy atom. The van der Waals surface area contributed by atoms with Crippen molar-refractivity contribution >= 4 is 11.8 Å². The molecule has 0 aliphatic carbocycles. The van der Waals surface area contributed by atoms with Gasteiger partial charge in [0.25, 0.3) is 0 Å². The van der Waals surface area contributed by atoms with Crippen LogP contribution in [0.3, 0.4) is 0 Å². The Kier molecular flexibility index (Phi) is 9.76. The van der Waals surface area contributed by atoms with Crippen LogP contribution in [-0.2, 0) is 9.59 Å². The second-order valence-electron chi connectivity index (χ2n) is 3.96. The Hall–Kier alpha value is -1.06. The molecule has 0 spiro atoms. The number of unbranched alkanes of at least 4 members (excludes halogenated alkanes) is 6. The first-order chi connectivity index (χ1) is 7.72. The number of carbonyl (C=O) groups excluding carboxylic acids is 2. The monoisotopic (exact) mass is 228 g/mol. The molecule has 0 fully saturated rings. The summed E-state index contributed by atoms with van der Waals surface area (Å²) >= 11 is 0. The summed E-state index contributed by atoms with van der Waals surface area (Å²) in [5, 5.41) is 4.87. The topological polar surface area (TPSA) is 58.2 Å². The molecule has 0 radical (unpaired) electrons. The lowest BCUT2D eigenvalue weighted by Crippen LogP contribution is -2.38. The Bertz CT molecular complexity index is 205. The summed E-state index contributed by atoms with van der Waals surface area (Å²) < 4.78 is 0. The van der Waals surface area contributed by atoms with Crippen LogP contribution in [0.25, 0.3) is 0 Å². The molecule has 4 nitrogen and oxygen atoms in total. The molecule has 4 heteroatoms. The highest BCUT2D eigenvalue weighted by molar-refractivity contribution is 6.34. The van der Waals surface area contributed by atoms with Gasteiger partial charge in [0.1, 0.15) is 0 Å². The van der Waals surface area contributed by atoms with Crippen molar-refractivity contribution < 1.29 is 9.59 Å². The number of amides is 2. The van der Waals surface area contributed by atoms with E-state index in [1.165, 1.54) is 39.2 Å². The summed E-state index contributed by atoms with van der Waals surface area (Å²) in [6.07, 6.45) is 8.45. The largest absolute Gasteiger partial charge is 0.351 e. The Morgan fingerprint density at radius 2 is 1.44 bits per heavy atom. The highest BCUT2D eigenvalue weighted by atomic mass is 16.2. The molecule has 0 aromatic heterocycles. The SMILES string of the molecule is CCCCCCCCCNC(=O)C(=O)NC. The van der Waals surface area contributed by atoms with Gasteiger partial charge < -0.3 is 10.6 Å². The van der Waals surface area contributed by atoms with Crippen LogP contribution in [-0.4, -0.2) is 25.4 Å². The third kappa shape index (κ3) is 8.26. The predicted molar refractivity (Wildman–Crippen MR) is 65.1 cm³/mol. The number of hydrogen-bond donors (Lipinski definition) is 2. The van der Waals surface area contributed by atoms with Gasteiger partial charge in [0.2, 0.25) is 0 Å². The zero-order valence-electron chi connectivity index (χ0n) is 10.5. The molecule has 0 saturated carbocycles. The molecule has 2 N–H and O–H groups in total. The van der Waals surface area contributed by atoms with Crippen molar-refractivity contribution in [3.63, 3.8) is 0 Å². The van der Waals surface area contributed by atoms with E-state index in [9.17, 15) is 9.59 Å². The van der Waals surface area contributed by atoms with Gasteiger partial charge in [-0.25, -0.2) is 0 Å². The maximum atomic E-state index is 11.0. The molecule has 0 atom stereocenters. The standard InChI is InChI=1S/C12H24N2O2/c1-3-4-5-6-7-8-9-10-14-12(16)11(15)13-2/h3-10H2,1-2H3,(H,13,15)(H,14,16). The molecular formula is C12H24N2O2. The molecule has 0 unspecified atom stereocenters. The van der Waals surface area contributed by atoms with E-state index in [-0.39, 0.29) is 0 Å². The molecule has 2 amide bonds. The second kappa shape index (κ2) is 10.5. The van der Waals surface area contributed by atoms with Gasteiger partial charge in [-0.3, -0.25) is 9.59 Å². The van der Waals surface area contributed by atoms with Crippen LogP contribution in [0.5, 0.6) is 0 Å². The molecule has 0 aromatic rings. The third-order valence-electron chi connectivity index (χ3n) is 2.50. The van der Waals surface area contributed by atoms with E-state index in [2.05, 4.69) is 17.6 Å². The number of likely N-dealkylation sites (N-methyl/N-ethyl adjacent to an activating group) is 1. The summed E-state index contributed by atoms with van der Waals surface area (Å²) in [7, 11) is 1.45. The summed E-state index contributed by atoms with van der Waals surface area (Å²) in [6, 6.07) is 0. The molecule has 0 aliphatic rings. The van der Waals surface area contributed by atoms with Gasteiger partial charge in [-0.15, -0.1) is 0 Å². The molecule has 94 valence electrons. The van der Waals surface area contributed by atoms with Gasteiger partial charge in [-0.05, 0) is 6.42 Å². The van der Waals surface area contributed by atoms with Crippen LogP contribution < -0.4 is 10.6 Å². The highest BCUT2D eigenvalue weighted by Gasteiger charge is 2.08. The summed E-state index contributed by atoms with van der Waals surface area (Å²) in [5.74, 6) is -1.10. The van der Waals surface area contributed by atoms with Gasteiger partial charge in [0, 0.05) is 13.6 Å². The van der Waals surface area contributed by atoms with Crippen molar-refractivity contribution in [2.45, 2.75) is 51.9 Å². The van der Waals surface area contributed by atoms with Crippen molar-refractivity contribution in [1.29, 1.82) is 0 Å². The van der Waals surface area contributed by atoms with E-state index in [1.807, 2.05) is 0 Å². The molecular weight excluding hydrogens is 204 g/mol. The molecule has 0 heterocycles. The number of rotatable bonds is 8. The van der Waals surface area contributed by atoms with Gasteiger partial charge in [0.05, 0.1) is 0 Å². The minimum atomic E-state index is -0.567. The third-order valence-corrected chi connectivity index (χ3v) is 2.50. The number of nitrogens with one attached hydrogen (secondary N) is 2. The molecule has 0 saturated heterocycles. The van der Waals surface area contributed by atoms with E-state index < -0.39 is 11.8 Å². The fourth-order valence-corrected chi connectivity index (χ4v) is 1.48. The van der Waals surface area contributed by atoms with Crippen LogP contribution in [0, 0.1) is 0 Å². The first-order valence-electron chi connectivity index (χ1n) is 6.22. The maximum Gasteiger partial charge on any atom is 0.309 e. The predicted octanol–water partition coefficient (Wildman–Crippen LogP) is 1.60. The van der Waals surface area contributed by atoms with Crippen LogP contribution in [0.2, 0.25) is 0 Å². The summed E-state index contributed by atoms with van der Waals surface area (Å²) in [5.41, 5.74) is 0. The average molecular weight is 228 g/mol. The minimum Gasteiger partial charge on any atom is -0.351 e. The van der Waals surface area contributed by atoms with Crippen LogP contribution in [0.15, 0.2) is 0 Å². The summed E-state index contributed by atoms with van der Waals surface area (Å²) in [4.78, 5) is 21.9. The van der Waals surface area contributed by atoms with Gasteiger partial charge >= 0.3 is 11.8 Å². The lowest BCUT2D eigenvalue weighted by Gasteiger charge is -2.03. The number of hydrogen-bond acceptors (Lipinski definition) is 2. The molecule has 0 aromatic carbocycles. The second-order valence-corrected chi connectivity index (χ2v) is 3.96. The van der Waals surface area contributed by atoms with Crippen molar-refractivity contribution in [3.8, 4) is 0 Å². The number of carbonyl (C=O) groups is 2. The van der Waals surface area contributed by atoms with E-state index in [1.54, 1.807) is 0 Å². The maximum absolute atomic E-state index is 11.0. The fourth-order valence-electron chi connectivity index (χ4n) is 1.48. The van der Waals surface area contributed by atoms with Crippen molar-refractivity contribution in [3.05, 3.63) is 0 Å². The van der Waals surface area contributed by atoms with Crippen LogP contribution in [0.4, 0.5) is 0 Å². The van der Waals surface area contributed by atoms with Crippen molar-refractivity contribution in [2.24, 2.45) is 0 Å². The average Bonchev–Trinajstić information content (AvgIpc) is 2.31. The van der Waals surface area contributed by atoms with Crippen LogP contribution >= 0.6 is 0 Å². The van der Waals surface area contributed by atoms with Gasteiger partial charge in [-0.1, -0.05) is 45.4 Å². The molecule has 0 bridgehead atoms. The van der Waals surface area contributed by atoms with Gasteiger partial charge in [-0.2, -0.15) is 0 Å². The van der Waals surface area contributed by atoms with Crippen LogP contribution in [0.1, 0.15) is 51.9 Å². The first-order valence-corrected chi connectivity index (χ1v) is 6.22. The molecule has 0 rings (SSSR count). The Labute approximate surface area is 98.2 Å². The summed E-state index contributed by atoms with van der Waals surface area (Å²) in [6.45, 7) is 2.80. The Morgan fingerprint density at radius 1 is 0.875 bits per heavy atom.